The van der Waals surface area contributed by atoms with Crippen molar-refractivity contribution in [1.29, 1.82) is 0 Å². The highest BCUT2D eigenvalue weighted by molar-refractivity contribution is 6.00. The third kappa shape index (κ3) is 2.78. The molecule has 1 aliphatic carbocycles. The molecular formula is C14H20N2O. The van der Waals surface area contributed by atoms with Gasteiger partial charge in [-0.15, -0.1) is 0 Å². The van der Waals surface area contributed by atoms with Gasteiger partial charge >= 0.3 is 0 Å². The molecule has 0 saturated heterocycles. The lowest BCUT2D eigenvalue weighted by Crippen LogP contribution is -2.29. The maximum atomic E-state index is 12.1. The van der Waals surface area contributed by atoms with Gasteiger partial charge in [-0.1, -0.05) is 25.0 Å². The summed E-state index contributed by atoms with van der Waals surface area (Å²) in [6, 6.07) is 5.57. The Morgan fingerprint density at radius 1 is 1.41 bits per heavy atom. The van der Waals surface area contributed by atoms with E-state index in [2.05, 4.69) is 5.32 Å². The van der Waals surface area contributed by atoms with Gasteiger partial charge in [0.05, 0.1) is 5.56 Å². The number of aryl methyl sites for hydroxylation is 1. The smallest absolute Gasteiger partial charge is 0.253 e. The number of rotatable bonds is 3. The fourth-order valence-electron chi connectivity index (χ4n) is 2.54. The van der Waals surface area contributed by atoms with Crippen molar-refractivity contribution < 1.29 is 4.79 Å². The third-order valence-electron chi connectivity index (χ3n) is 3.56. The molecule has 0 spiro atoms. The van der Waals surface area contributed by atoms with Gasteiger partial charge in [0.15, 0.2) is 0 Å². The number of carbonyl (C=O) groups is 1. The number of hydrogen-bond acceptors (Lipinski definition) is 2. The molecule has 1 fully saturated rings. The molecule has 3 heteroatoms. The maximum Gasteiger partial charge on any atom is 0.253 e. The van der Waals surface area contributed by atoms with Crippen LogP contribution in [0, 0.1) is 12.8 Å². The van der Waals surface area contributed by atoms with Crippen molar-refractivity contribution in [3.63, 3.8) is 0 Å². The van der Waals surface area contributed by atoms with E-state index in [9.17, 15) is 4.79 Å². The van der Waals surface area contributed by atoms with Crippen LogP contribution < -0.4 is 11.1 Å². The van der Waals surface area contributed by atoms with E-state index in [1.807, 2.05) is 19.1 Å². The average Bonchev–Trinajstić information content (AvgIpc) is 2.79. The minimum absolute atomic E-state index is 0.0347. The average molecular weight is 232 g/mol. The van der Waals surface area contributed by atoms with E-state index in [4.69, 9.17) is 5.73 Å². The lowest BCUT2D eigenvalue weighted by molar-refractivity contribution is 0.0947. The van der Waals surface area contributed by atoms with E-state index in [0.29, 0.717) is 17.2 Å². The van der Waals surface area contributed by atoms with Gasteiger partial charge in [-0.25, -0.2) is 0 Å². The number of nitrogen functional groups attached to an aromatic ring is 1. The Bertz CT molecular complexity index is 388. The Hall–Kier alpha value is -1.51. The minimum atomic E-state index is -0.0347. The standard InChI is InChI=1S/C14H20N2O/c1-10-5-4-8-12(15)13(10)14(17)16-9-11-6-2-3-7-11/h4-5,8,11H,2-3,6-7,9,15H2,1H3,(H,16,17). The predicted octanol–water partition coefficient (Wildman–Crippen LogP) is 2.50. The molecule has 0 aromatic heterocycles. The summed E-state index contributed by atoms with van der Waals surface area (Å²) in [6.45, 7) is 2.70. The molecule has 0 unspecified atom stereocenters. The summed E-state index contributed by atoms with van der Waals surface area (Å²) >= 11 is 0. The summed E-state index contributed by atoms with van der Waals surface area (Å²) in [5.74, 6) is 0.622. The molecule has 1 aromatic rings. The first-order valence-corrected chi connectivity index (χ1v) is 6.32. The van der Waals surface area contributed by atoms with Gasteiger partial charge in [0.2, 0.25) is 0 Å². The monoisotopic (exact) mass is 232 g/mol. The summed E-state index contributed by atoms with van der Waals surface area (Å²) in [5, 5.41) is 3.00. The zero-order valence-corrected chi connectivity index (χ0v) is 10.3. The van der Waals surface area contributed by atoms with Crippen molar-refractivity contribution in [2.45, 2.75) is 32.6 Å². The number of amides is 1. The molecule has 3 N–H and O–H groups in total. The molecule has 2 rings (SSSR count). The maximum absolute atomic E-state index is 12.1. The summed E-state index contributed by atoms with van der Waals surface area (Å²) in [4.78, 5) is 12.1. The second-order valence-electron chi connectivity index (χ2n) is 4.90. The summed E-state index contributed by atoms with van der Waals surface area (Å²) in [6.07, 6.45) is 5.08. The number of benzene rings is 1. The van der Waals surface area contributed by atoms with Gasteiger partial charge < -0.3 is 11.1 Å². The van der Waals surface area contributed by atoms with Crippen molar-refractivity contribution in [3.05, 3.63) is 29.3 Å². The molecule has 17 heavy (non-hydrogen) atoms. The fourth-order valence-corrected chi connectivity index (χ4v) is 2.54. The largest absolute Gasteiger partial charge is 0.398 e. The molecule has 0 bridgehead atoms. The number of nitrogens with two attached hydrogens (primary N) is 1. The molecule has 0 radical (unpaired) electrons. The van der Waals surface area contributed by atoms with Crippen LogP contribution in [0.1, 0.15) is 41.6 Å². The molecule has 0 aliphatic heterocycles. The highest BCUT2D eigenvalue weighted by atomic mass is 16.1. The van der Waals surface area contributed by atoms with Crippen molar-refractivity contribution >= 4 is 11.6 Å². The Balaban J connectivity index is 1.99. The van der Waals surface area contributed by atoms with Crippen molar-refractivity contribution in [2.24, 2.45) is 5.92 Å². The van der Waals surface area contributed by atoms with Crippen molar-refractivity contribution in [2.75, 3.05) is 12.3 Å². The number of carbonyl (C=O) groups excluding carboxylic acids is 1. The highest BCUT2D eigenvalue weighted by Gasteiger charge is 2.17. The van der Waals surface area contributed by atoms with Gasteiger partial charge in [0.1, 0.15) is 0 Å². The Morgan fingerprint density at radius 3 is 2.76 bits per heavy atom. The van der Waals surface area contributed by atoms with Crippen molar-refractivity contribution in [3.8, 4) is 0 Å². The van der Waals surface area contributed by atoms with E-state index in [0.717, 1.165) is 12.1 Å². The first kappa shape index (κ1) is 12.0. The normalized spacial score (nSPS) is 16.1. The second-order valence-corrected chi connectivity index (χ2v) is 4.90. The molecule has 0 atom stereocenters. The second kappa shape index (κ2) is 5.21. The summed E-state index contributed by atoms with van der Waals surface area (Å²) < 4.78 is 0. The van der Waals surface area contributed by atoms with Gasteiger partial charge in [0.25, 0.3) is 5.91 Å². The van der Waals surface area contributed by atoms with Crippen LogP contribution in [0.5, 0.6) is 0 Å². The lowest BCUT2D eigenvalue weighted by Gasteiger charge is -2.13. The SMILES string of the molecule is Cc1cccc(N)c1C(=O)NCC1CCCC1. The zero-order chi connectivity index (χ0) is 12.3. The predicted molar refractivity (Wildman–Crippen MR) is 69.9 cm³/mol. The molecule has 1 aromatic carbocycles. The fraction of sp³-hybridized carbons (Fsp3) is 0.500. The first-order valence-electron chi connectivity index (χ1n) is 6.32. The minimum Gasteiger partial charge on any atom is -0.398 e. The highest BCUT2D eigenvalue weighted by Crippen LogP contribution is 2.24. The topological polar surface area (TPSA) is 55.1 Å². The zero-order valence-electron chi connectivity index (χ0n) is 10.3. The van der Waals surface area contributed by atoms with Crippen LogP contribution in [0.3, 0.4) is 0 Å². The molecule has 1 aliphatic rings. The van der Waals surface area contributed by atoms with Gasteiger partial charge in [-0.2, -0.15) is 0 Å². The molecule has 3 nitrogen and oxygen atoms in total. The summed E-state index contributed by atoms with van der Waals surface area (Å²) in [5.41, 5.74) is 7.98. The molecule has 1 saturated carbocycles. The van der Waals surface area contributed by atoms with E-state index in [1.165, 1.54) is 25.7 Å². The first-order chi connectivity index (χ1) is 8.18. The molecule has 92 valence electrons. The van der Waals surface area contributed by atoms with Crippen LogP contribution in [0.4, 0.5) is 5.69 Å². The van der Waals surface area contributed by atoms with E-state index >= 15 is 0 Å². The van der Waals surface area contributed by atoms with E-state index < -0.39 is 0 Å². The van der Waals surface area contributed by atoms with E-state index in [-0.39, 0.29) is 5.91 Å². The Morgan fingerprint density at radius 2 is 2.12 bits per heavy atom. The van der Waals surface area contributed by atoms with Crippen LogP contribution in [0.2, 0.25) is 0 Å². The molecule has 0 heterocycles. The van der Waals surface area contributed by atoms with E-state index in [1.54, 1.807) is 6.07 Å². The number of anilines is 1. The molecule has 1 amide bonds. The van der Waals surface area contributed by atoms with Gasteiger partial charge in [-0.05, 0) is 37.3 Å². The molecular weight excluding hydrogens is 212 g/mol. The third-order valence-corrected chi connectivity index (χ3v) is 3.56. The summed E-state index contributed by atoms with van der Waals surface area (Å²) in [7, 11) is 0. The number of hydrogen-bond donors (Lipinski definition) is 2. The van der Waals surface area contributed by atoms with Gasteiger partial charge in [0, 0.05) is 12.2 Å². The van der Waals surface area contributed by atoms with Gasteiger partial charge in [-0.3, -0.25) is 4.79 Å². The quantitative estimate of drug-likeness (QED) is 0.787. The lowest BCUT2D eigenvalue weighted by atomic mass is 10.0. The van der Waals surface area contributed by atoms with Crippen LogP contribution in [-0.2, 0) is 0 Å². The van der Waals surface area contributed by atoms with Crippen LogP contribution in [0.25, 0.3) is 0 Å². The van der Waals surface area contributed by atoms with Crippen molar-refractivity contribution in [1.82, 2.24) is 5.32 Å². The Kier molecular flexibility index (Phi) is 3.67. The van der Waals surface area contributed by atoms with Crippen LogP contribution in [-0.4, -0.2) is 12.5 Å². The van der Waals surface area contributed by atoms with Crippen LogP contribution in [0.15, 0.2) is 18.2 Å². The van der Waals surface area contributed by atoms with Crippen LogP contribution >= 0.6 is 0 Å². The Labute approximate surface area is 102 Å². The number of nitrogens with one attached hydrogen (secondary N) is 1.